The average Bonchev–Trinajstić information content (AvgIpc) is 3.47. The Morgan fingerprint density at radius 3 is 2.38 bits per heavy atom. The van der Waals surface area contributed by atoms with Crippen molar-refractivity contribution in [3.8, 4) is 0 Å². The SMILES string of the molecule is O=C(COC(=O)C1CC1)Nc1ccccc1C(=O)Nc1ccc(F)cc1. The van der Waals surface area contributed by atoms with E-state index >= 15 is 0 Å². The molecule has 6 nitrogen and oxygen atoms in total. The van der Waals surface area contributed by atoms with E-state index in [-0.39, 0.29) is 17.5 Å². The van der Waals surface area contributed by atoms with Gasteiger partial charge in [0.1, 0.15) is 5.82 Å². The fourth-order valence-corrected chi connectivity index (χ4v) is 2.28. The number of benzene rings is 2. The number of nitrogens with one attached hydrogen (secondary N) is 2. The molecule has 1 aliphatic carbocycles. The quantitative estimate of drug-likeness (QED) is 0.780. The molecule has 0 bridgehead atoms. The van der Waals surface area contributed by atoms with E-state index < -0.39 is 24.2 Å². The van der Waals surface area contributed by atoms with Crippen molar-refractivity contribution in [2.45, 2.75) is 12.8 Å². The van der Waals surface area contributed by atoms with Gasteiger partial charge in [-0.15, -0.1) is 0 Å². The van der Waals surface area contributed by atoms with Crippen molar-refractivity contribution in [1.29, 1.82) is 0 Å². The van der Waals surface area contributed by atoms with Gasteiger partial charge in [-0.25, -0.2) is 4.39 Å². The molecule has 26 heavy (non-hydrogen) atoms. The van der Waals surface area contributed by atoms with E-state index in [1.807, 2.05) is 0 Å². The molecule has 0 spiro atoms. The first-order valence-corrected chi connectivity index (χ1v) is 8.15. The highest BCUT2D eigenvalue weighted by Gasteiger charge is 2.31. The highest BCUT2D eigenvalue weighted by Crippen LogP contribution is 2.30. The number of hydrogen-bond acceptors (Lipinski definition) is 4. The first kappa shape index (κ1) is 17.6. The summed E-state index contributed by atoms with van der Waals surface area (Å²) >= 11 is 0. The molecule has 7 heteroatoms. The van der Waals surface area contributed by atoms with Crippen molar-refractivity contribution in [2.24, 2.45) is 5.92 Å². The predicted molar refractivity (Wildman–Crippen MR) is 93.1 cm³/mol. The van der Waals surface area contributed by atoms with Crippen LogP contribution in [0.4, 0.5) is 15.8 Å². The molecule has 134 valence electrons. The molecule has 0 saturated heterocycles. The minimum absolute atomic E-state index is 0.0865. The lowest BCUT2D eigenvalue weighted by Gasteiger charge is -2.11. The summed E-state index contributed by atoms with van der Waals surface area (Å²) < 4.78 is 17.9. The molecule has 0 atom stereocenters. The molecule has 0 aromatic heterocycles. The molecule has 2 aromatic rings. The van der Waals surface area contributed by atoms with Gasteiger partial charge in [-0.1, -0.05) is 12.1 Å². The predicted octanol–water partition coefficient (Wildman–Crippen LogP) is 2.97. The van der Waals surface area contributed by atoms with Crippen LogP contribution in [0.2, 0.25) is 0 Å². The van der Waals surface area contributed by atoms with Crippen LogP contribution in [0.1, 0.15) is 23.2 Å². The van der Waals surface area contributed by atoms with E-state index in [1.54, 1.807) is 24.3 Å². The highest BCUT2D eigenvalue weighted by molar-refractivity contribution is 6.10. The molecule has 0 aliphatic heterocycles. The van der Waals surface area contributed by atoms with E-state index in [4.69, 9.17) is 4.74 Å². The van der Waals surface area contributed by atoms with Gasteiger partial charge in [-0.2, -0.15) is 0 Å². The molecular weight excluding hydrogens is 339 g/mol. The Balaban J connectivity index is 1.62. The van der Waals surface area contributed by atoms with Gasteiger partial charge in [-0.05, 0) is 49.2 Å². The van der Waals surface area contributed by atoms with Crippen LogP contribution in [0.25, 0.3) is 0 Å². The number of esters is 1. The van der Waals surface area contributed by atoms with Crippen molar-refractivity contribution >= 4 is 29.2 Å². The molecule has 1 aliphatic rings. The number of carbonyl (C=O) groups excluding carboxylic acids is 3. The van der Waals surface area contributed by atoms with E-state index in [0.29, 0.717) is 11.4 Å². The third-order valence-corrected chi connectivity index (χ3v) is 3.80. The lowest BCUT2D eigenvalue weighted by atomic mass is 10.1. The maximum atomic E-state index is 12.9. The lowest BCUT2D eigenvalue weighted by molar-refractivity contribution is -0.148. The minimum atomic E-state index is -0.527. The summed E-state index contributed by atoms with van der Waals surface area (Å²) in [4.78, 5) is 35.9. The van der Waals surface area contributed by atoms with Crippen LogP contribution in [0, 0.1) is 11.7 Å². The van der Waals surface area contributed by atoms with Crippen LogP contribution in [-0.2, 0) is 14.3 Å². The van der Waals surface area contributed by atoms with Gasteiger partial charge in [0.25, 0.3) is 11.8 Å². The van der Waals surface area contributed by atoms with Gasteiger partial charge >= 0.3 is 5.97 Å². The maximum Gasteiger partial charge on any atom is 0.309 e. The number of halogens is 1. The van der Waals surface area contributed by atoms with Crippen LogP contribution in [0.15, 0.2) is 48.5 Å². The van der Waals surface area contributed by atoms with Crippen LogP contribution < -0.4 is 10.6 Å². The summed E-state index contributed by atoms with van der Waals surface area (Å²) in [5.41, 5.74) is 0.953. The normalized spacial score (nSPS) is 13.0. The number of rotatable bonds is 6. The minimum Gasteiger partial charge on any atom is -0.455 e. The Labute approximate surface area is 149 Å². The van der Waals surface area contributed by atoms with E-state index in [9.17, 15) is 18.8 Å². The average molecular weight is 356 g/mol. The monoisotopic (exact) mass is 356 g/mol. The first-order chi connectivity index (χ1) is 12.5. The zero-order valence-electron chi connectivity index (χ0n) is 13.8. The topological polar surface area (TPSA) is 84.5 Å². The summed E-state index contributed by atoms with van der Waals surface area (Å²) in [5.74, 6) is -1.85. The van der Waals surface area contributed by atoms with Crippen molar-refractivity contribution < 1.29 is 23.5 Å². The fraction of sp³-hybridized carbons (Fsp3) is 0.211. The van der Waals surface area contributed by atoms with E-state index in [1.165, 1.54) is 24.3 Å². The van der Waals surface area contributed by atoms with Gasteiger partial charge in [0.15, 0.2) is 6.61 Å². The summed E-state index contributed by atoms with van der Waals surface area (Å²) in [6, 6.07) is 11.8. The van der Waals surface area contributed by atoms with Gasteiger partial charge in [0, 0.05) is 5.69 Å². The Bertz CT molecular complexity index is 832. The molecule has 2 amide bonds. The van der Waals surface area contributed by atoms with Crippen LogP contribution in [0.3, 0.4) is 0 Å². The molecule has 2 N–H and O–H groups in total. The number of ether oxygens (including phenoxy) is 1. The second kappa shape index (κ2) is 7.77. The number of hydrogen-bond donors (Lipinski definition) is 2. The van der Waals surface area contributed by atoms with E-state index in [2.05, 4.69) is 10.6 Å². The standard InChI is InChI=1S/C19H17FN2O4/c20-13-7-9-14(10-8-13)21-18(24)15-3-1-2-4-16(15)22-17(23)11-26-19(25)12-5-6-12/h1-4,7-10,12H,5-6,11H2,(H,21,24)(H,22,23). The lowest BCUT2D eigenvalue weighted by Crippen LogP contribution is -2.23. The fourth-order valence-electron chi connectivity index (χ4n) is 2.28. The first-order valence-electron chi connectivity index (χ1n) is 8.15. The second-order valence-corrected chi connectivity index (χ2v) is 5.94. The Hall–Kier alpha value is -3.22. The van der Waals surface area contributed by atoms with Gasteiger partial charge in [0.2, 0.25) is 0 Å². The number of amides is 2. The molecule has 0 unspecified atom stereocenters. The summed E-state index contributed by atoms with van der Waals surface area (Å²) in [6.07, 6.45) is 1.60. The molecule has 3 rings (SSSR count). The number of carbonyl (C=O) groups is 3. The summed E-state index contributed by atoms with van der Waals surface area (Å²) in [6.45, 7) is -0.400. The molecule has 1 saturated carbocycles. The van der Waals surface area contributed by atoms with Crippen molar-refractivity contribution in [1.82, 2.24) is 0 Å². The Morgan fingerprint density at radius 2 is 1.69 bits per heavy atom. The van der Waals surface area contributed by atoms with Crippen molar-refractivity contribution in [2.75, 3.05) is 17.2 Å². The van der Waals surface area contributed by atoms with Gasteiger partial charge in [0.05, 0.1) is 17.2 Å². The molecule has 0 heterocycles. The maximum absolute atomic E-state index is 12.9. The summed E-state index contributed by atoms with van der Waals surface area (Å²) in [7, 11) is 0. The molecular formula is C19H17FN2O4. The molecule has 1 fully saturated rings. The third-order valence-electron chi connectivity index (χ3n) is 3.80. The highest BCUT2D eigenvalue weighted by atomic mass is 19.1. The summed E-state index contributed by atoms with van der Waals surface area (Å²) in [5, 5.41) is 5.19. The third kappa shape index (κ3) is 4.66. The molecule has 0 radical (unpaired) electrons. The Kier molecular flexibility index (Phi) is 5.26. The van der Waals surface area contributed by atoms with Gasteiger partial charge in [-0.3, -0.25) is 14.4 Å². The number of para-hydroxylation sites is 1. The van der Waals surface area contributed by atoms with E-state index in [0.717, 1.165) is 12.8 Å². The smallest absolute Gasteiger partial charge is 0.309 e. The Morgan fingerprint density at radius 1 is 1.00 bits per heavy atom. The molecule has 2 aromatic carbocycles. The zero-order valence-corrected chi connectivity index (χ0v) is 13.8. The second-order valence-electron chi connectivity index (χ2n) is 5.94. The van der Waals surface area contributed by atoms with Gasteiger partial charge < -0.3 is 15.4 Å². The largest absolute Gasteiger partial charge is 0.455 e. The van der Waals surface area contributed by atoms with Crippen LogP contribution >= 0.6 is 0 Å². The van der Waals surface area contributed by atoms with Crippen LogP contribution in [0.5, 0.6) is 0 Å². The number of anilines is 2. The van der Waals surface area contributed by atoms with Crippen LogP contribution in [-0.4, -0.2) is 24.4 Å². The zero-order chi connectivity index (χ0) is 18.5. The van der Waals surface area contributed by atoms with Crippen molar-refractivity contribution in [3.05, 3.63) is 59.9 Å². The van der Waals surface area contributed by atoms with Crippen molar-refractivity contribution in [3.63, 3.8) is 0 Å².